The zero-order valence-corrected chi connectivity index (χ0v) is 12.2. The van der Waals surface area contributed by atoms with E-state index < -0.39 is 0 Å². The van der Waals surface area contributed by atoms with E-state index in [-0.39, 0.29) is 95.4 Å². The van der Waals surface area contributed by atoms with Crippen molar-refractivity contribution in [3.63, 3.8) is 0 Å². The summed E-state index contributed by atoms with van der Waals surface area (Å²) >= 11 is 0. The summed E-state index contributed by atoms with van der Waals surface area (Å²) in [6.07, 6.45) is 0. The molecule has 0 fully saturated rings. The molecule has 0 spiro atoms. The van der Waals surface area contributed by atoms with Crippen molar-refractivity contribution in [2.75, 3.05) is 0 Å². The molecule has 0 amide bonds. The molecule has 0 unspecified atom stereocenters. The molecule has 0 aromatic rings. The van der Waals surface area contributed by atoms with Crippen LogP contribution in [-0.2, 0) is 41.4 Å². The molecule has 38 valence electrons. The van der Waals surface area contributed by atoms with Crippen molar-refractivity contribution >= 4 is 54.0 Å². The second-order valence-electron chi connectivity index (χ2n) is 0. The zero-order chi connectivity index (χ0) is 0. The third-order valence-electron chi connectivity index (χ3n) is 0. The third kappa shape index (κ3) is 96.0. The smallest absolute Gasteiger partial charge is 2.00 e. The predicted molar refractivity (Wildman–Crippen MR) is 24.2 cm³/mol. The van der Waals surface area contributed by atoms with Gasteiger partial charge in [-0.1, -0.05) is 0 Å². The van der Waals surface area contributed by atoms with Crippen LogP contribution in [0.5, 0.6) is 0 Å². The maximum Gasteiger partial charge on any atom is 3.00 e. The molecule has 0 aliphatic heterocycles. The molecule has 0 aromatic carbocycles. The molecule has 8 heteroatoms. The Kier molecular flexibility index (Phi) is 3480. The monoisotopic (exact) mass is 326 g/mol. The van der Waals surface area contributed by atoms with Crippen molar-refractivity contribution in [2.45, 2.75) is 0 Å². The summed E-state index contributed by atoms with van der Waals surface area (Å²) in [5.74, 6) is 0. The van der Waals surface area contributed by atoms with Crippen molar-refractivity contribution in [3.05, 3.63) is 0 Å². The Labute approximate surface area is 94.6 Å². The Morgan fingerprint density at radius 2 is 0.625 bits per heavy atom. The minimum atomic E-state index is 0. The fourth-order valence-electron chi connectivity index (χ4n) is 0. The first-order valence-corrected chi connectivity index (χ1v) is 0. The molecule has 0 aromatic heterocycles. The molecule has 0 aliphatic carbocycles. The van der Waals surface area contributed by atoms with E-state index in [4.69, 9.17) is 0 Å². The standard InChI is InChI=1S/BH3.Ga.In.4O.Zn/h1H3;;;;;;;/q;2*+3;4*-2;+2. The van der Waals surface area contributed by atoms with Gasteiger partial charge in [0.15, 0.2) is 0 Å². The van der Waals surface area contributed by atoms with E-state index >= 15 is 0 Å². The van der Waals surface area contributed by atoms with Crippen LogP contribution in [0.25, 0.3) is 0 Å². The van der Waals surface area contributed by atoms with E-state index in [9.17, 15) is 0 Å². The topological polar surface area (TPSA) is 114 Å². The molecule has 0 heterocycles. The van der Waals surface area contributed by atoms with Crippen LogP contribution in [0.4, 0.5) is 0 Å². The fraction of sp³-hybridized carbons (Fsp3) is 0. The van der Waals surface area contributed by atoms with Gasteiger partial charge in [-0.05, 0) is 0 Å². The second kappa shape index (κ2) is 141. The molecule has 0 rings (SSSR count). The quantitative estimate of drug-likeness (QED) is 0.441. The molecule has 0 bridgehead atoms. The van der Waals surface area contributed by atoms with Gasteiger partial charge >= 0.3 is 65.1 Å². The Balaban J connectivity index is 0. The summed E-state index contributed by atoms with van der Waals surface area (Å²) in [5.41, 5.74) is 0. The largest absolute Gasteiger partial charge is 3.00 e. The Morgan fingerprint density at radius 1 is 0.625 bits per heavy atom. The SMILES string of the molecule is B.[Ga+3].[In+3].[O-2].[O-2].[O-2].[O-2].[Zn+2]. The van der Waals surface area contributed by atoms with Crippen LogP contribution in [0, 0.1) is 0 Å². The van der Waals surface area contributed by atoms with E-state index in [2.05, 4.69) is 0 Å². The van der Waals surface area contributed by atoms with E-state index in [1.807, 2.05) is 0 Å². The number of hydrogen-bond acceptors (Lipinski definition) is 0. The molecule has 8 heavy (non-hydrogen) atoms. The van der Waals surface area contributed by atoms with Gasteiger partial charge in [-0.2, -0.15) is 0 Å². The van der Waals surface area contributed by atoms with Gasteiger partial charge in [-0.15, -0.1) is 0 Å². The van der Waals surface area contributed by atoms with Gasteiger partial charge in [0.1, 0.15) is 0 Å². The van der Waals surface area contributed by atoms with Gasteiger partial charge in [-0.3, -0.25) is 0 Å². The summed E-state index contributed by atoms with van der Waals surface area (Å²) < 4.78 is 0. The number of hydrogen-bond donors (Lipinski definition) is 0. The molecule has 0 atom stereocenters. The second-order valence-corrected chi connectivity index (χ2v) is 0. The third-order valence-corrected chi connectivity index (χ3v) is 0. The van der Waals surface area contributed by atoms with Gasteiger partial charge in [0.05, 0.1) is 8.41 Å². The molecule has 0 saturated carbocycles. The van der Waals surface area contributed by atoms with E-state index in [1.165, 1.54) is 0 Å². The summed E-state index contributed by atoms with van der Waals surface area (Å²) in [7, 11) is 0. The predicted octanol–water partition coefficient (Wildman–Crippen LogP) is -2.42. The first kappa shape index (κ1) is 198. The van der Waals surface area contributed by atoms with Crippen LogP contribution in [0.15, 0.2) is 0 Å². The van der Waals surface area contributed by atoms with Crippen molar-refractivity contribution in [3.8, 4) is 0 Å². The Morgan fingerprint density at radius 3 is 0.625 bits per heavy atom. The van der Waals surface area contributed by atoms with Crippen molar-refractivity contribution in [2.24, 2.45) is 0 Å². The van der Waals surface area contributed by atoms with Crippen LogP contribution in [0.1, 0.15) is 0 Å². The first-order valence-electron chi connectivity index (χ1n) is 0. The average Bonchev–Trinajstić information content (AvgIpc) is 0. The fourth-order valence-corrected chi connectivity index (χ4v) is 0. The van der Waals surface area contributed by atoms with Crippen molar-refractivity contribution in [1.29, 1.82) is 0 Å². The van der Waals surface area contributed by atoms with Gasteiger partial charge < -0.3 is 21.9 Å². The normalized spacial score (nSPS) is 0. The summed E-state index contributed by atoms with van der Waals surface area (Å²) in [5, 5.41) is 0. The van der Waals surface area contributed by atoms with Crippen molar-refractivity contribution < 1.29 is 41.4 Å². The molecule has 0 saturated heterocycles. The van der Waals surface area contributed by atoms with Crippen LogP contribution < -0.4 is 0 Å². The van der Waals surface area contributed by atoms with E-state index in [0.717, 1.165) is 0 Å². The van der Waals surface area contributed by atoms with Crippen molar-refractivity contribution in [1.82, 2.24) is 0 Å². The van der Waals surface area contributed by atoms with Crippen LogP contribution >= 0.6 is 0 Å². The average molecular weight is 328 g/mol. The van der Waals surface area contributed by atoms with Crippen LogP contribution in [-0.4, -0.2) is 54.0 Å². The van der Waals surface area contributed by atoms with Crippen LogP contribution in [0.2, 0.25) is 0 Å². The minimum Gasteiger partial charge on any atom is -2.00 e. The van der Waals surface area contributed by atoms with Gasteiger partial charge in [-0.25, -0.2) is 0 Å². The number of rotatable bonds is 0. The van der Waals surface area contributed by atoms with Gasteiger partial charge in [0.25, 0.3) is 0 Å². The van der Waals surface area contributed by atoms with Crippen LogP contribution in [0.3, 0.4) is 0 Å². The first-order chi connectivity index (χ1) is 0. The maximum atomic E-state index is 0. The Hall–Kier alpha value is 2.03. The molecule has 0 aliphatic rings. The molecule has 0 radical (unpaired) electrons. The summed E-state index contributed by atoms with van der Waals surface area (Å²) in [6, 6.07) is 0. The van der Waals surface area contributed by atoms with Gasteiger partial charge in [0, 0.05) is 0 Å². The maximum absolute atomic E-state index is 0. The zero-order valence-electron chi connectivity index (χ0n) is 3.49. The Bertz CT molecular complexity index is 16.0. The van der Waals surface area contributed by atoms with E-state index in [0.29, 0.717) is 0 Å². The van der Waals surface area contributed by atoms with E-state index in [1.54, 1.807) is 0 Å². The summed E-state index contributed by atoms with van der Waals surface area (Å²) in [4.78, 5) is 0. The molecule has 4 nitrogen and oxygen atoms in total. The molecular formula is H3BGaInO4Zn. The summed E-state index contributed by atoms with van der Waals surface area (Å²) in [6.45, 7) is 0. The molecular weight excluding hydrogens is 325 g/mol. The molecule has 0 N–H and O–H groups in total. The van der Waals surface area contributed by atoms with Gasteiger partial charge in [0.2, 0.25) is 0 Å². The minimum absolute atomic E-state index is 0.